The zero-order valence-corrected chi connectivity index (χ0v) is 13.5. The summed E-state index contributed by atoms with van der Waals surface area (Å²) in [5.41, 5.74) is 0.908. The second kappa shape index (κ2) is 6.52. The SMILES string of the molecule is c1cc2nc(Oc3ccc(OCCN4CCC4)cc3)sc2cn1. The van der Waals surface area contributed by atoms with Crippen molar-refractivity contribution < 1.29 is 9.47 Å². The molecule has 6 heteroatoms. The Morgan fingerprint density at radius 2 is 1.91 bits per heavy atom. The van der Waals surface area contributed by atoms with Crippen LogP contribution in [0.5, 0.6) is 16.7 Å². The molecule has 0 spiro atoms. The Labute approximate surface area is 138 Å². The summed E-state index contributed by atoms with van der Waals surface area (Å²) < 4.78 is 12.6. The van der Waals surface area contributed by atoms with Gasteiger partial charge in [-0.2, -0.15) is 0 Å². The van der Waals surface area contributed by atoms with E-state index in [9.17, 15) is 0 Å². The Balaban J connectivity index is 1.35. The Morgan fingerprint density at radius 3 is 2.65 bits per heavy atom. The number of rotatable bonds is 6. The molecule has 0 atom stereocenters. The van der Waals surface area contributed by atoms with Crippen molar-refractivity contribution in [2.45, 2.75) is 6.42 Å². The van der Waals surface area contributed by atoms with Gasteiger partial charge in [-0.15, -0.1) is 0 Å². The van der Waals surface area contributed by atoms with Crippen molar-refractivity contribution in [3.63, 3.8) is 0 Å². The van der Waals surface area contributed by atoms with Gasteiger partial charge in [-0.1, -0.05) is 11.3 Å². The fourth-order valence-corrected chi connectivity index (χ4v) is 3.21. The average Bonchev–Trinajstić information content (AvgIpc) is 2.93. The zero-order chi connectivity index (χ0) is 15.5. The molecule has 0 unspecified atom stereocenters. The minimum absolute atomic E-state index is 0.624. The Hall–Kier alpha value is -2.18. The van der Waals surface area contributed by atoms with Gasteiger partial charge in [-0.3, -0.25) is 9.88 Å². The van der Waals surface area contributed by atoms with E-state index in [1.807, 2.05) is 30.3 Å². The monoisotopic (exact) mass is 327 g/mol. The van der Waals surface area contributed by atoms with E-state index in [4.69, 9.17) is 9.47 Å². The highest BCUT2D eigenvalue weighted by Crippen LogP contribution is 2.31. The molecule has 0 amide bonds. The van der Waals surface area contributed by atoms with E-state index in [1.54, 1.807) is 12.4 Å². The summed E-state index contributed by atoms with van der Waals surface area (Å²) in [7, 11) is 0. The summed E-state index contributed by atoms with van der Waals surface area (Å²) in [4.78, 5) is 10.9. The van der Waals surface area contributed by atoms with Gasteiger partial charge in [-0.05, 0) is 49.8 Å². The Kier molecular flexibility index (Phi) is 4.08. The maximum Gasteiger partial charge on any atom is 0.279 e. The summed E-state index contributed by atoms with van der Waals surface area (Å²) in [5.74, 6) is 1.62. The molecule has 5 nitrogen and oxygen atoms in total. The molecule has 1 aliphatic heterocycles. The van der Waals surface area contributed by atoms with E-state index in [1.165, 1.54) is 30.8 Å². The number of benzene rings is 1. The van der Waals surface area contributed by atoms with E-state index in [0.29, 0.717) is 5.19 Å². The van der Waals surface area contributed by atoms with Gasteiger partial charge in [0.2, 0.25) is 0 Å². The van der Waals surface area contributed by atoms with Crippen LogP contribution in [0.1, 0.15) is 6.42 Å². The van der Waals surface area contributed by atoms with Crippen LogP contribution >= 0.6 is 11.3 Å². The first-order valence-electron chi connectivity index (χ1n) is 7.70. The molecular formula is C17H17N3O2S. The smallest absolute Gasteiger partial charge is 0.279 e. The van der Waals surface area contributed by atoms with Crippen LogP contribution in [-0.2, 0) is 0 Å². The van der Waals surface area contributed by atoms with Crippen molar-refractivity contribution in [1.82, 2.24) is 14.9 Å². The zero-order valence-electron chi connectivity index (χ0n) is 12.6. The van der Waals surface area contributed by atoms with Gasteiger partial charge >= 0.3 is 0 Å². The van der Waals surface area contributed by atoms with Crippen LogP contribution in [0.2, 0.25) is 0 Å². The molecule has 3 aromatic rings. The van der Waals surface area contributed by atoms with Gasteiger partial charge < -0.3 is 9.47 Å². The molecule has 4 rings (SSSR count). The van der Waals surface area contributed by atoms with Crippen molar-refractivity contribution in [3.05, 3.63) is 42.7 Å². The molecule has 0 radical (unpaired) electrons. The number of hydrogen-bond acceptors (Lipinski definition) is 6. The third kappa shape index (κ3) is 3.43. The van der Waals surface area contributed by atoms with Crippen molar-refractivity contribution in [1.29, 1.82) is 0 Å². The van der Waals surface area contributed by atoms with Crippen LogP contribution in [0.3, 0.4) is 0 Å². The quantitative estimate of drug-likeness (QED) is 0.693. The first kappa shape index (κ1) is 14.4. The lowest BCUT2D eigenvalue weighted by Crippen LogP contribution is -2.39. The minimum Gasteiger partial charge on any atom is -0.492 e. The summed E-state index contributed by atoms with van der Waals surface area (Å²) in [6, 6.07) is 9.56. The van der Waals surface area contributed by atoms with Crippen LogP contribution in [0.25, 0.3) is 10.2 Å². The molecule has 0 bridgehead atoms. The first-order chi connectivity index (χ1) is 11.4. The van der Waals surface area contributed by atoms with Crippen LogP contribution in [0, 0.1) is 0 Å². The number of thiazole rings is 1. The van der Waals surface area contributed by atoms with Crippen molar-refractivity contribution in [3.8, 4) is 16.7 Å². The average molecular weight is 327 g/mol. The number of aromatic nitrogens is 2. The maximum absolute atomic E-state index is 5.80. The van der Waals surface area contributed by atoms with Crippen molar-refractivity contribution in [2.75, 3.05) is 26.2 Å². The largest absolute Gasteiger partial charge is 0.492 e. The molecule has 23 heavy (non-hydrogen) atoms. The Morgan fingerprint density at radius 1 is 1.09 bits per heavy atom. The second-order valence-electron chi connectivity index (χ2n) is 5.44. The second-order valence-corrected chi connectivity index (χ2v) is 6.43. The standard InChI is InChI=1S/C17H17N3O2S/c1-8-20(9-1)10-11-21-13-2-4-14(5-3-13)22-17-19-15-6-7-18-12-16(15)23-17/h2-7,12H,1,8-11H2. The molecule has 1 fully saturated rings. The number of pyridine rings is 1. The maximum atomic E-state index is 5.80. The molecular weight excluding hydrogens is 310 g/mol. The van der Waals surface area contributed by atoms with E-state index in [-0.39, 0.29) is 0 Å². The third-order valence-electron chi connectivity index (χ3n) is 3.83. The van der Waals surface area contributed by atoms with Crippen LogP contribution < -0.4 is 9.47 Å². The predicted octanol–water partition coefficient (Wildman–Crippen LogP) is 3.57. The molecule has 1 aromatic carbocycles. The molecule has 0 saturated carbocycles. The van der Waals surface area contributed by atoms with E-state index in [0.717, 1.165) is 34.9 Å². The highest BCUT2D eigenvalue weighted by atomic mass is 32.1. The molecule has 0 aliphatic carbocycles. The fraction of sp³-hybridized carbons (Fsp3) is 0.294. The molecule has 2 aromatic heterocycles. The highest BCUT2D eigenvalue weighted by molar-refractivity contribution is 7.20. The minimum atomic E-state index is 0.624. The topological polar surface area (TPSA) is 47.5 Å². The lowest BCUT2D eigenvalue weighted by Gasteiger charge is -2.30. The van der Waals surface area contributed by atoms with E-state index in [2.05, 4.69) is 14.9 Å². The van der Waals surface area contributed by atoms with Crippen LogP contribution in [0.15, 0.2) is 42.7 Å². The molecule has 118 valence electrons. The fourth-order valence-electron chi connectivity index (χ4n) is 2.41. The summed E-state index contributed by atoms with van der Waals surface area (Å²) in [5, 5.41) is 0.624. The van der Waals surface area contributed by atoms with Crippen molar-refractivity contribution in [2.24, 2.45) is 0 Å². The van der Waals surface area contributed by atoms with Gasteiger partial charge in [0.15, 0.2) is 0 Å². The van der Waals surface area contributed by atoms with Gasteiger partial charge in [0, 0.05) is 18.9 Å². The Bertz CT molecular complexity index is 751. The number of fused-ring (bicyclic) bond motifs is 1. The highest BCUT2D eigenvalue weighted by Gasteiger charge is 2.12. The number of ether oxygens (including phenoxy) is 2. The lowest BCUT2D eigenvalue weighted by molar-refractivity contribution is 0.147. The summed E-state index contributed by atoms with van der Waals surface area (Å²) in [6.45, 7) is 4.13. The normalized spacial score (nSPS) is 14.6. The third-order valence-corrected chi connectivity index (χ3v) is 4.71. The van der Waals surface area contributed by atoms with E-state index >= 15 is 0 Å². The number of likely N-dealkylation sites (tertiary alicyclic amines) is 1. The van der Waals surface area contributed by atoms with Gasteiger partial charge in [0.25, 0.3) is 5.19 Å². The predicted molar refractivity (Wildman–Crippen MR) is 90.5 cm³/mol. The molecule has 0 N–H and O–H groups in total. The van der Waals surface area contributed by atoms with Gasteiger partial charge in [-0.25, -0.2) is 4.98 Å². The molecule has 1 saturated heterocycles. The lowest BCUT2D eigenvalue weighted by atomic mass is 10.2. The van der Waals surface area contributed by atoms with Crippen LogP contribution in [0.4, 0.5) is 0 Å². The molecule has 3 heterocycles. The summed E-state index contributed by atoms with van der Waals surface area (Å²) in [6.07, 6.45) is 4.85. The summed E-state index contributed by atoms with van der Waals surface area (Å²) >= 11 is 1.49. The van der Waals surface area contributed by atoms with E-state index < -0.39 is 0 Å². The van der Waals surface area contributed by atoms with Crippen molar-refractivity contribution >= 4 is 21.6 Å². The number of nitrogens with zero attached hydrogens (tertiary/aromatic N) is 3. The molecule has 1 aliphatic rings. The van der Waals surface area contributed by atoms with Gasteiger partial charge in [0.05, 0.1) is 10.2 Å². The van der Waals surface area contributed by atoms with Crippen LogP contribution in [-0.4, -0.2) is 41.1 Å². The number of hydrogen-bond donors (Lipinski definition) is 0. The first-order valence-corrected chi connectivity index (χ1v) is 8.52. The van der Waals surface area contributed by atoms with Gasteiger partial charge in [0.1, 0.15) is 18.1 Å².